The lowest BCUT2D eigenvalue weighted by molar-refractivity contribution is -0.134. The maximum Gasteiger partial charge on any atom is 0.300 e. The van der Waals surface area contributed by atoms with E-state index in [1.807, 2.05) is 0 Å². The second-order valence-electron chi connectivity index (χ2n) is 3.57. The number of carboxylic acids is 1. The molecular formula is C12H28N2O2. The van der Waals surface area contributed by atoms with Crippen molar-refractivity contribution in [2.75, 3.05) is 39.3 Å². The quantitative estimate of drug-likeness (QED) is 0.726. The van der Waals surface area contributed by atoms with Crippen molar-refractivity contribution in [2.24, 2.45) is 0 Å². The van der Waals surface area contributed by atoms with E-state index < -0.39 is 5.97 Å². The molecular weight excluding hydrogens is 204 g/mol. The fourth-order valence-corrected chi connectivity index (χ4v) is 1.36. The molecule has 0 aromatic carbocycles. The number of hydrogen-bond acceptors (Lipinski definition) is 3. The van der Waals surface area contributed by atoms with E-state index in [1.54, 1.807) is 0 Å². The largest absolute Gasteiger partial charge is 0.481 e. The Bertz CT molecular complexity index is 139. The normalized spacial score (nSPS) is 10.2. The van der Waals surface area contributed by atoms with Crippen LogP contribution in [-0.4, -0.2) is 60.1 Å². The first-order valence-electron chi connectivity index (χ1n) is 6.15. The van der Waals surface area contributed by atoms with Crippen molar-refractivity contribution in [1.29, 1.82) is 0 Å². The Morgan fingerprint density at radius 3 is 1.19 bits per heavy atom. The van der Waals surface area contributed by atoms with E-state index in [9.17, 15) is 0 Å². The Balaban J connectivity index is 0. The zero-order valence-corrected chi connectivity index (χ0v) is 11.5. The average molecular weight is 232 g/mol. The lowest BCUT2D eigenvalue weighted by Crippen LogP contribution is -2.34. The molecule has 0 fully saturated rings. The maximum atomic E-state index is 9.00. The van der Waals surface area contributed by atoms with Crippen LogP contribution in [0.4, 0.5) is 0 Å². The molecule has 16 heavy (non-hydrogen) atoms. The van der Waals surface area contributed by atoms with Gasteiger partial charge in [0.15, 0.2) is 0 Å². The Morgan fingerprint density at radius 2 is 1.06 bits per heavy atom. The summed E-state index contributed by atoms with van der Waals surface area (Å²) in [4.78, 5) is 13.9. The molecule has 0 saturated carbocycles. The molecule has 0 saturated heterocycles. The van der Waals surface area contributed by atoms with Gasteiger partial charge in [0, 0.05) is 20.0 Å². The lowest BCUT2D eigenvalue weighted by atomic mass is 10.4. The van der Waals surface area contributed by atoms with Crippen LogP contribution in [0, 0.1) is 0 Å². The van der Waals surface area contributed by atoms with Crippen LogP contribution >= 0.6 is 0 Å². The summed E-state index contributed by atoms with van der Waals surface area (Å²) in [5.74, 6) is -0.833. The topological polar surface area (TPSA) is 43.8 Å². The molecule has 0 aromatic rings. The van der Waals surface area contributed by atoms with Gasteiger partial charge in [0.2, 0.25) is 0 Å². The average Bonchev–Trinajstić information content (AvgIpc) is 2.24. The summed E-state index contributed by atoms with van der Waals surface area (Å²) in [6.07, 6.45) is 0. The van der Waals surface area contributed by atoms with Gasteiger partial charge in [-0.1, -0.05) is 27.7 Å². The van der Waals surface area contributed by atoms with Gasteiger partial charge in [0.25, 0.3) is 5.97 Å². The first kappa shape index (κ1) is 17.8. The first-order valence-corrected chi connectivity index (χ1v) is 6.15. The molecule has 4 nitrogen and oxygen atoms in total. The van der Waals surface area contributed by atoms with Crippen molar-refractivity contribution in [3.63, 3.8) is 0 Å². The Kier molecular flexibility index (Phi) is 13.8. The maximum absolute atomic E-state index is 9.00. The van der Waals surface area contributed by atoms with Crippen molar-refractivity contribution in [1.82, 2.24) is 9.80 Å². The molecule has 1 N–H and O–H groups in total. The molecule has 0 radical (unpaired) electrons. The number of likely N-dealkylation sites (N-methyl/N-ethyl adjacent to an activating group) is 2. The number of carbonyl (C=O) groups is 1. The zero-order valence-electron chi connectivity index (χ0n) is 11.5. The van der Waals surface area contributed by atoms with Crippen LogP contribution in [0.3, 0.4) is 0 Å². The van der Waals surface area contributed by atoms with Crippen molar-refractivity contribution in [2.45, 2.75) is 34.6 Å². The van der Waals surface area contributed by atoms with Gasteiger partial charge in [0.05, 0.1) is 0 Å². The molecule has 0 aliphatic heterocycles. The van der Waals surface area contributed by atoms with E-state index in [2.05, 4.69) is 37.5 Å². The number of carboxylic acid groups (broad SMARTS) is 1. The fourth-order valence-electron chi connectivity index (χ4n) is 1.36. The molecule has 0 aliphatic carbocycles. The van der Waals surface area contributed by atoms with Crippen LogP contribution in [0.25, 0.3) is 0 Å². The van der Waals surface area contributed by atoms with Crippen LogP contribution in [-0.2, 0) is 4.79 Å². The second-order valence-corrected chi connectivity index (χ2v) is 3.57. The molecule has 0 unspecified atom stereocenters. The number of aliphatic carboxylic acids is 1. The second kappa shape index (κ2) is 12.5. The van der Waals surface area contributed by atoms with Gasteiger partial charge in [-0.25, -0.2) is 0 Å². The van der Waals surface area contributed by atoms with Gasteiger partial charge in [0.1, 0.15) is 0 Å². The van der Waals surface area contributed by atoms with Gasteiger partial charge < -0.3 is 14.9 Å². The Morgan fingerprint density at radius 1 is 0.875 bits per heavy atom. The van der Waals surface area contributed by atoms with Crippen LogP contribution in [0.5, 0.6) is 0 Å². The van der Waals surface area contributed by atoms with E-state index >= 15 is 0 Å². The fraction of sp³-hybridized carbons (Fsp3) is 0.917. The number of rotatable bonds is 7. The van der Waals surface area contributed by atoms with E-state index in [0.29, 0.717) is 0 Å². The molecule has 0 spiro atoms. The monoisotopic (exact) mass is 232 g/mol. The van der Waals surface area contributed by atoms with E-state index in [1.165, 1.54) is 39.3 Å². The molecule has 0 rings (SSSR count). The van der Waals surface area contributed by atoms with Crippen LogP contribution in [0.2, 0.25) is 0 Å². The number of hydrogen-bond donors (Lipinski definition) is 1. The summed E-state index contributed by atoms with van der Waals surface area (Å²) in [5, 5.41) is 7.42. The van der Waals surface area contributed by atoms with E-state index in [0.717, 1.165) is 6.92 Å². The third kappa shape index (κ3) is 13.4. The van der Waals surface area contributed by atoms with Gasteiger partial charge in [-0.3, -0.25) is 4.79 Å². The van der Waals surface area contributed by atoms with Crippen LogP contribution in [0.15, 0.2) is 0 Å². The predicted molar refractivity (Wildman–Crippen MR) is 68.9 cm³/mol. The van der Waals surface area contributed by atoms with Gasteiger partial charge in [-0.2, -0.15) is 0 Å². The first-order chi connectivity index (χ1) is 7.51. The van der Waals surface area contributed by atoms with Crippen molar-refractivity contribution < 1.29 is 9.90 Å². The highest BCUT2D eigenvalue weighted by atomic mass is 16.4. The molecule has 0 aromatic heterocycles. The molecule has 0 heterocycles. The molecule has 0 bridgehead atoms. The summed E-state index contributed by atoms with van der Waals surface area (Å²) in [6.45, 7) is 17.1. The summed E-state index contributed by atoms with van der Waals surface area (Å²) < 4.78 is 0. The highest BCUT2D eigenvalue weighted by Gasteiger charge is 2.02. The van der Waals surface area contributed by atoms with E-state index in [4.69, 9.17) is 9.90 Å². The molecule has 0 atom stereocenters. The van der Waals surface area contributed by atoms with Crippen molar-refractivity contribution >= 4 is 5.97 Å². The van der Waals surface area contributed by atoms with Gasteiger partial charge in [-0.05, 0) is 26.2 Å². The highest BCUT2D eigenvalue weighted by Crippen LogP contribution is 1.90. The highest BCUT2D eigenvalue weighted by molar-refractivity contribution is 5.62. The minimum Gasteiger partial charge on any atom is -0.481 e. The lowest BCUT2D eigenvalue weighted by Gasteiger charge is -2.23. The third-order valence-electron chi connectivity index (χ3n) is 2.52. The summed E-state index contributed by atoms with van der Waals surface area (Å²) in [5.41, 5.74) is 0. The zero-order chi connectivity index (χ0) is 13.0. The SMILES string of the molecule is CC(=O)O.CCN(CC)CCN(CC)CC. The van der Waals surface area contributed by atoms with Crippen LogP contribution in [0.1, 0.15) is 34.6 Å². The molecule has 0 aliphatic rings. The summed E-state index contributed by atoms with van der Waals surface area (Å²) >= 11 is 0. The van der Waals surface area contributed by atoms with Gasteiger partial charge >= 0.3 is 0 Å². The summed E-state index contributed by atoms with van der Waals surface area (Å²) in [6, 6.07) is 0. The van der Waals surface area contributed by atoms with Gasteiger partial charge in [-0.15, -0.1) is 0 Å². The standard InChI is InChI=1S/C10H24N2.C2H4O2/c1-5-11(6-2)9-10-12(7-3)8-4;1-2(3)4/h5-10H2,1-4H3;1H3,(H,3,4). The van der Waals surface area contributed by atoms with E-state index in [-0.39, 0.29) is 0 Å². The smallest absolute Gasteiger partial charge is 0.300 e. The third-order valence-corrected chi connectivity index (χ3v) is 2.52. The Hall–Kier alpha value is -0.610. The Labute approximate surface area is 100 Å². The minimum atomic E-state index is -0.833. The molecule has 98 valence electrons. The van der Waals surface area contributed by atoms with Crippen LogP contribution < -0.4 is 0 Å². The minimum absolute atomic E-state index is 0.833. The molecule has 0 amide bonds. The summed E-state index contributed by atoms with van der Waals surface area (Å²) in [7, 11) is 0. The van der Waals surface area contributed by atoms with Crippen molar-refractivity contribution in [3.8, 4) is 0 Å². The van der Waals surface area contributed by atoms with Crippen molar-refractivity contribution in [3.05, 3.63) is 0 Å². The number of nitrogens with zero attached hydrogens (tertiary/aromatic N) is 2. The predicted octanol–water partition coefficient (Wildman–Crippen LogP) is 1.76. The molecule has 4 heteroatoms.